The number of hydrogen-bond donors (Lipinski definition) is 3. The van der Waals surface area contributed by atoms with E-state index in [1.807, 2.05) is 18.2 Å². The summed E-state index contributed by atoms with van der Waals surface area (Å²) in [5, 5.41) is 21.5. The van der Waals surface area contributed by atoms with Crippen molar-refractivity contribution in [3.05, 3.63) is 35.9 Å². The van der Waals surface area contributed by atoms with Crippen LogP contribution in [0.15, 0.2) is 24.3 Å². The summed E-state index contributed by atoms with van der Waals surface area (Å²) in [6, 6.07) is 10.8. The maximum atomic E-state index is 7.17. The maximum Gasteiger partial charge on any atom is 1.00 e. The van der Waals surface area contributed by atoms with E-state index >= 15 is 0 Å². The molecular weight excluding hydrogens is 182 g/mol. The Morgan fingerprint density at radius 2 is 1.83 bits per heavy atom. The van der Waals surface area contributed by atoms with Gasteiger partial charge in [-0.15, -0.1) is 0 Å². The van der Waals surface area contributed by atoms with Crippen LogP contribution in [0.5, 0.6) is 0 Å². The van der Waals surface area contributed by atoms with Gasteiger partial charge in [-0.05, 0) is 0 Å². The van der Waals surface area contributed by atoms with Gasteiger partial charge in [0.15, 0.2) is 0 Å². The summed E-state index contributed by atoms with van der Waals surface area (Å²) in [6.45, 7) is 2.05. The second-order valence-corrected chi connectivity index (χ2v) is 1.93. The summed E-state index contributed by atoms with van der Waals surface area (Å²) in [5.74, 6) is 0. The van der Waals surface area contributed by atoms with Crippen molar-refractivity contribution in [3.8, 4) is 0 Å². The van der Waals surface area contributed by atoms with Crippen molar-refractivity contribution in [3.63, 3.8) is 0 Å². The minimum atomic E-state index is -2.17. The Hall–Kier alpha value is 0.801. The van der Waals surface area contributed by atoms with Gasteiger partial charge < -0.3 is 15.1 Å². The average Bonchev–Trinajstić information content (AvgIpc) is 1.87. The molecule has 3 N–H and O–H groups in total. The van der Waals surface area contributed by atoms with Crippen LogP contribution >= 0.6 is 0 Å². The summed E-state index contributed by atoms with van der Waals surface area (Å²) in [7, 11) is -2.17. The van der Waals surface area contributed by atoms with E-state index in [-0.39, 0.29) is 51.4 Å². The van der Waals surface area contributed by atoms with Gasteiger partial charge in [0.2, 0.25) is 0 Å². The molecule has 12 heavy (non-hydrogen) atoms. The van der Waals surface area contributed by atoms with Gasteiger partial charge in [-0.25, -0.2) is 0 Å². The van der Waals surface area contributed by atoms with Crippen LogP contribution in [0.1, 0.15) is 5.56 Å². The molecule has 0 aliphatic carbocycles. The largest absolute Gasteiger partial charge is 1.00 e. The summed E-state index contributed by atoms with van der Waals surface area (Å²) < 4.78 is 0. The SMILES string of the molecule is Cc1c[c-]ccc1.OB(O)O.[K+]. The van der Waals surface area contributed by atoms with Gasteiger partial charge in [-0.1, -0.05) is 6.92 Å². The van der Waals surface area contributed by atoms with Crippen molar-refractivity contribution in [2.75, 3.05) is 0 Å². The molecule has 0 aliphatic heterocycles. The van der Waals surface area contributed by atoms with Crippen molar-refractivity contribution in [2.45, 2.75) is 6.92 Å². The van der Waals surface area contributed by atoms with Crippen LogP contribution in [0, 0.1) is 13.0 Å². The molecule has 0 atom stereocenters. The molecule has 0 fully saturated rings. The van der Waals surface area contributed by atoms with E-state index in [1.54, 1.807) is 0 Å². The normalized spacial score (nSPS) is 7.33. The second-order valence-electron chi connectivity index (χ2n) is 1.93. The van der Waals surface area contributed by atoms with Crippen molar-refractivity contribution >= 4 is 7.32 Å². The molecule has 1 aromatic carbocycles. The van der Waals surface area contributed by atoms with Crippen LogP contribution in [-0.4, -0.2) is 22.4 Å². The minimum absolute atomic E-state index is 0. The molecule has 1 aromatic rings. The smallest absolute Gasteiger partial charge is 0.402 e. The molecule has 3 nitrogen and oxygen atoms in total. The minimum Gasteiger partial charge on any atom is -0.402 e. The molecular formula is C7H10BKO3. The van der Waals surface area contributed by atoms with E-state index < -0.39 is 7.32 Å². The molecule has 60 valence electrons. The standard InChI is InChI=1S/C7H7.BH3O3.K/c1-7-5-3-2-4-6-7;2-1(3)4;/h2-3,5-6H,1H3;2-4H;/q-1;;+1. The number of aryl methyl sites for hydroxylation is 1. The first-order chi connectivity index (χ1) is 5.13. The molecule has 0 aromatic heterocycles. The van der Waals surface area contributed by atoms with Gasteiger partial charge in [0, 0.05) is 0 Å². The predicted molar refractivity (Wildman–Crippen MR) is 42.4 cm³/mol. The Balaban J connectivity index is 0. The number of rotatable bonds is 0. The Morgan fingerprint density at radius 3 is 2.00 bits per heavy atom. The first kappa shape index (κ1) is 15.3. The third-order valence-corrected chi connectivity index (χ3v) is 0.863. The third-order valence-electron chi connectivity index (χ3n) is 0.863. The van der Waals surface area contributed by atoms with Crippen molar-refractivity contribution in [1.29, 1.82) is 0 Å². The zero-order valence-corrected chi connectivity index (χ0v) is 10.4. The molecule has 0 spiro atoms. The third kappa shape index (κ3) is 13.4. The topological polar surface area (TPSA) is 60.7 Å². The maximum absolute atomic E-state index is 7.17. The van der Waals surface area contributed by atoms with Gasteiger partial charge in [-0.2, -0.15) is 35.9 Å². The number of hydrogen-bond acceptors (Lipinski definition) is 3. The number of benzene rings is 1. The second kappa shape index (κ2) is 9.89. The van der Waals surface area contributed by atoms with Gasteiger partial charge in [-0.3, -0.25) is 0 Å². The van der Waals surface area contributed by atoms with Gasteiger partial charge in [0.1, 0.15) is 0 Å². The van der Waals surface area contributed by atoms with E-state index in [0.717, 1.165) is 0 Å². The van der Waals surface area contributed by atoms with Crippen LogP contribution in [0.4, 0.5) is 0 Å². The molecule has 5 heteroatoms. The fourth-order valence-electron chi connectivity index (χ4n) is 0.483. The van der Waals surface area contributed by atoms with E-state index in [0.29, 0.717) is 0 Å². The summed E-state index contributed by atoms with van der Waals surface area (Å²) in [5.41, 5.74) is 1.27. The monoisotopic (exact) mass is 192 g/mol. The molecule has 0 saturated heterocycles. The van der Waals surface area contributed by atoms with Gasteiger partial charge >= 0.3 is 58.7 Å². The Bertz CT molecular complexity index is 179. The van der Waals surface area contributed by atoms with Crippen molar-refractivity contribution in [2.24, 2.45) is 0 Å². The molecule has 0 amide bonds. The fourth-order valence-corrected chi connectivity index (χ4v) is 0.483. The first-order valence-electron chi connectivity index (χ1n) is 3.10. The molecule has 0 bridgehead atoms. The quantitative estimate of drug-likeness (QED) is 0.299. The first-order valence-corrected chi connectivity index (χ1v) is 3.10. The summed E-state index contributed by atoms with van der Waals surface area (Å²) in [4.78, 5) is 0. The molecule has 0 unspecified atom stereocenters. The zero-order chi connectivity index (χ0) is 8.69. The van der Waals surface area contributed by atoms with Crippen LogP contribution in [0.25, 0.3) is 0 Å². The van der Waals surface area contributed by atoms with Crippen LogP contribution < -0.4 is 51.4 Å². The van der Waals surface area contributed by atoms with E-state index in [1.165, 1.54) is 5.56 Å². The average molecular weight is 192 g/mol. The van der Waals surface area contributed by atoms with Gasteiger partial charge in [0.25, 0.3) is 0 Å². The predicted octanol–water partition coefficient (Wildman–Crippen LogP) is -3.25. The molecule has 0 heterocycles. The van der Waals surface area contributed by atoms with Crippen LogP contribution in [-0.2, 0) is 0 Å². The Kier molecular flexibility index (Phi) is 12.6. The van der Waals surface area contributed by atoms with Crippen LogP contribution in [0.2, 0.25) is 0 Å². The Morgan fingerprint density at radius 1 is 1.33 bits per heavy atom. The molecule has 1 rings (SSSR count). The molecule has 0 radical (unpaired) electrons. The summed E-state index contributed by atoms with van der Waals surface area (Å²) in [6.07, 6.45) is 0. The Labute approximate surface area is 115 Å². The molecule has 0 aliphatic rings. The zero-order valence-electron chi connectivity index (χ0n) is 7.23. The molecule has 0 saturated carbocycles. The van der Waals surface area contributed by atoms with E-state index in [9.17, 15) is 0 Å². The van der Waals surface area contributed by atoms with Crippen molar-refractivity contribution in [1.82, 2.24) is 0 Å². The van der Waals surface area contributed by atoms with E-state index in [2.05, 4.69) is 19.1 Å². The summed E-state index contributed by atoms with van der Waals surface area (Å²) >= 11 is 0. The van der Waals surface area contributed by atoms with E-state index in [4.69, 9.17) is 15.1 Å². The fraction of sp³-hybridized carbons (Fsp3) is 0.143. The van der Waals surface area contributed by atoms with Gasteiger partial charge in [0.05, 0.1) is 0 Å². The van der Waals surface area contributed by atoms with Crippen LogP contribution in [0.3, 0.4) is 0 Å². The van der Waals surface area contributed by atoms with Crippen molar-refractivity contribution < 1.29 is 66.5 Å².